The molecule has 0 radical (unpaired) electrons. The highest BCUT2D eigenvalue weighted by molar-refractivity contribution is 7.90. The lowest BCUT2D eigenvalue weighted by molar-refractivity contribution is -0.126. The number of hydrogen-bond acceptors (Lipinski definition) is 9. The van der Waals surface area contributed by atoms with E-state index in [1.54, 1.807) is 9.80 Å². The summed E-state index contributed by atoms with van der Waals surface area (Å²) in [4.78, 5) is 41.8. The summed E-state index contributed by atoms with van der Waals surface area (Å²) in [6.07, 6.45) is 3.34. The Morgan fingerprint density at radius 1 is 1.21 bits per heavy atom. The maximum atomic E-state index is 15.0. The molecule has 1 saturated heterocycles. The van der Waals surface area contributed by atoms with Gasteiger partial charge in [-0.1, -0.05) is 35.8 Å². The predicted octanol–water partition coefficient (Wildman–Crippen LogP) is 3.62. The topological polar surface area (TPSA) is 139 Å². The number of anilines is 1. The van der Waals surface area contributed by atoms with E-state index in [2.05, 4.69) is 21.5 Å². The van der Waals surface area contributed by atoms with Gasteiger partial charge in [0.05, 0.1) is 26.6 Å². The molecule has 0 spiro atoms. The van der Waals surface area contributed by atoms with Gasteiger partial charge in [0.2, 0.25) is 5.91 Å². The molecule has 5 rings (SSSR count). The molecule has 15 heteroatoms. The first-order valence-electron chi connectivity index (χ1n) is 12.5. The van der Waals surface area contributed by atoms with Crippen LogP contribution in [0.5, 0.6) is 5.75 Å². The van der Waals surface area contributed by atoms with Gasteiger partial charge in [0.15, 0.2) is 20.6 Å². The second kappa shape index (κ2) is 11.0. The summed E-state index contributed by atoms with van der Waals surface area (Å²) in [6, 6.07) is 5.91. The SMILES string of the molecule is C=CC(=O)N1CCN(c2nc(=O)n(-c3c(S(C)(=O)=O)ccnc3Cl)c3nc(-c4c(O)cccc4F)c(Cl)cc23)[C@@H](C)C1. The smallest absolute Gasteiger partial charge is 0.355 e. The van der Waals surface area contributed by atoms with E-state index >= 15 is 0 Å². The maximum absolute atomic E-state index is 15.0. The van der Waals surface area contributed by atoms with Crippen molar-refractivity contribution >= 4 is 55.8 Å². The van der Waals surface area contributed by atoms with Crippen LogP contribution in [0.1, 0.15) is 6.92 Å². The van der Waals surface area contributed by atoms with Crippen LogP contribution in [0.15, 0.2) is 58.9 Å². The fourth-order valence-corrected chi connectivity index (χ4v) is 6.36. The zero-order valence-electron chi connectivity index (χ0n) is 22.3. The number of phenols is 1. The van der Waals surface area contributed by atoms with Gasteiger partial charge in [0.1, 0.15) is 23.1 Å². The molecule has 11 nitrogen and oxygen atoms in total. The van der Waals surface area contributed by atoms with E-state index in [0.29, 0.717) is 13.1 Å². The molecule has 1 aliphatic rings. The lowest BCUT2D eigenvalue weighted by Gasteiger charge is -2.40. The van der Waals surface area contributed by atoms with Gasteiger partial charge in [0, 0.05) is 38.1 Å². The summed E-state index contributed by atoms with van der Waals surface area (Å²) < 4.78 is 41.3. The van der Waals surface area contributed by atoms with Gasteiger partial charge in [0.25, 0.3) is 0 Å². The Labute approximate surface area is 249 Å². The third-order valence-electron chi connectivity index (χ3n) is 6.88. The van der Waals surface area contributed by atoms with E-state index in [-0.39, 0.29) is 67.4 Å². The van der Waals surface area contributed by atoms with Gasteiger partial charge < -0.3 is 14.9 Å². The highest BCUT2D eigenvalue weighted by Gasteiger charge is 2.31. The van der Waals surface area contributed by atoms with Crippen LogP contribution in [0, 0.1) is 5.82 Å². The first-order valence-corrected chi connectivity index (χ1v) is 15.1. The molecule has 0 aliphatic carbocycles. The van der Waals surface area contributed by atoms with Gasteiger partial charge in [-0.25, -0.2) is 32.1 Å². The Hall–Kier alpha value is -4.07. The Balaban J connectivity index is 1.86. The molecular formula is C27H23Cl2FN6O5S. The van der Waals surface area contributed by atoms with Crippen LogP contribution in [0.25, 0.3) is 28.0 Å². The summed E-state index contributed by atoms with van der Waals surface area (Å²) in [6.45, 7) is 6.24. The van der Waals surface area contributed by atoms with Crippen LogP contribution < -0.4 is 10.6 Å². The molecule has 0 unspecified atom stereocenters. The number of pyridine rings is 2. The van der Waals surface area contributed by atoms with Crippen molar-refractivity contribution in [1.82, 2.24) is 24.4 Å². The second-order valence-electron chi connectivity index (χ2n) is 9.63. The summed E-state index contributed by atoms with van der Waals surface area (Å²) in [5.74, 6) is -1.38. The standard InChI is InChI=1S/C27H23Cl2FN6O5S/c1-4-20(38)34-10-11-35(14(2)13-34)25-15-12-16(28)22(21-17(30)6-5-7-18(21)37)32-26(15)36(27(39)33-25)23-19(42(3,40)41)8-9-31-24(23)29/h4-9,12,14,37H,1,10-11,13H2,2-3H3/t14-/m0/s1. The number of phenolic OH excluding ortho intramolecular Hbond substituents is 1. The number of carbonyl (C=O) groups excluding carboxylic acids is 1. The zero-order chi connectivity index (χ0) is 30.5. The zero-order valence-corrected chi connectivity index (χ0v) is 24.6. The van der Waals surface area contributed by atoms with Crippen molar-refractivity contribution < 1.29 is 22.7 Å². The van der Waals surface area contributed by atoms with Gasteiger partial charge in [-0.3, -0.25) is 4.79 Å². The van der Waals surface area contributed by atoms with Gasteiger partial charge in [-0.2, -0.15) is 4.98 Å². The molecule has 4 heterocycles. The fourth-order valence-electron chi connectivity index (χ4n) is 4.96. The Morgan fingerprint density at radius 3 is 2.60 bits per heavy atom. The predicted molar refractivity (Wildman–Crippen MR) is 157 cm³/mol. The molecule has 1 amide bonds. The monoisotopic (exact) mass is 632 g/mol. The molecule has 1 aliphatic heterocycles. The number of aromatic hydroxyl groups is 1. The lowest BCUT2D eigenvalue weighted by atomic mass is 10.1. The number of rotatable bonds is 5. The Kier molecular flexibility index (Phi) is 7.68. The number of nitrogens with zero attached hydrogens (tertiary/aromatic N) is 6. The number of sulfone groups is 1. The van der Waals surface area contributed by atoms with Crippen molar-refractivity contribution in [3.05, 3.63) is 75.7 Å². The maximum Gasteiger partial charge on any atom is 0.355 e. The van der Waals surface area contributed by atoms with Gasteiger partial charge in [-0.15, -0.1) is 0 Å². The molecule has 218 valence electrons. The van der Waals surface area contributed by atoms with E-state index in [4.69, 9.17) is 23.2 Å². The van der Waals surface area contributed by atoms with Crippen LogP contribution in [0.4, 0.5) is 10.2 Å². The van der Waals surface area contributed by atoms with E-state index in [0.717, 1.165) is 16.9 Å². The summed E-state index contributed by atoms with van der Waals surface area (Å²) in [5, 5.41) is 10.3. The van der Waals surface area contributed by atoms with E-state index < -0.39 is 27.1 Å². The molecule has 4 aromatic rings. The molecule has 3 aromatic heterocycles. The van der Waals surface area contributed by atoms with Crippen LogP contribution in [-0.2, 0) is 14.6 Å². The van der Waals surface area contributed by atoms with Crippen molar-refractivity contribution in [2.45, 2.75) is 17.9 Å². The van der Waals surface area contributed by atoms with E-state index in [1.165, 1.54) is 36.5 Å². The fraction of sp³-hybridized carbons (Fsp3) is 0.222. The second-order valence-corrected chi connectivity index (χ2v) is 12.4. The van der Waals surface area contributed by atoms with E-state index in [1.807, 2.05) is 6.92 Å². The Morgan fingerprint density at radius 2 is 1.95 bits per heavy atom. The minimum Gasteiger partial charge on any atom is -0.507 e. The van der Waals surface area contributed by atoms with E-state index in [9.17, 15) is 27.5 Å². The minimum absolute atomic E-state index is 0.0788. The van der Waals surface area contributed by atoms with Crippen molar-refractivity contribution in [2.24, 2.45) is 0 Å². The number of hydrogen-bond donors (Lipinski definition) is 1. The first-order chi connectivity index (χ1) is 19.8. The molecule has 0 bridgehead atoms. The van der Waals surface area contributed by atoms with Crippen LogP contribution in [0.3, 0.4) is 0 Å². The molecule has 1 aromatic carbocycles. The number of carbonyl (C=O) groups is 1. The molecular weight excluding hydrogens is 610 g/mol. The van der Waals surface area contributed by atoms with Crippen LogP contribution in [-0.4, -0.2) is 75.8 Å². The summed E-state index contributed by atoms with van der Waals surface area (Å²) in [5.41, 5.74) is -1.95. The minimum atomic E-state index is -3.95. The highest BCUT2D eigenvalue weighted by Crippen LogP contribution is 2.39. The Bertz CT molecular complexity index is 1930. The largest absolute Gasteiger partial charge is 0.507 e. The number of aromatic nitrogens is 4. The molecule has 1 N–H and O–H groups in total. The normalized spacial score (nSPS) is 15.7. The quantitative estimate of drug-likeness (QED) is 0.258. The number of fused-ring (bicyclic) bond motifs is 1. The molecule has 42 heavy (non-hydrogen) atoms. The molecule has 1 fully saturated rings. The lowest BCUT2D eigenvalue weighted by Crippen LogP contribution is -2.54. The average Bonchev–Trinajstić information content (AvgIpc) is 2.92. The van der Waals surface area contributed by atoms with Crippen molar-refractivity contribution in [1.29, 1.82) is 0 Å². The third-order valence-corrected chi connectivity index (χ3v) is 8.57. The average molecular weight is 633 g/mol. The van der Waals surface area contributed by atoms with Crippen LogP contribution in [0.2, 0.25) is 10.2 Å². The molecule has 0 saturated carbocycles. The number of piperazine rings is 1. The van der Waals surface area contributed by atoms with Gasteiger partial charge >= 0.3 is 5.69 Å². The number of benzene rings is 1. The summed E-state index contributed by atoms with van der Waals surface area (Å²) in [7, 11) is -3.95. The molecule has 1 atom stereocenters. The van der Waals surface area contributed by atoms with Crippen LogP contribution >= 0.6 is 23.2 Å². The van der Waals surface area contributed by atoms with Gasteiger partial charge in [-0.05, 0) is 37.3 Å². The van der Waals surface area contributed by atoms with Crippen molar-refractivity contribution in [3.63, 3.8) is 0 Å². The van der Waals surface area contributed by atoms with Crippen molar-refractivity contribution in [3.8, 4) is 22.7 Å². The summed E-state index contributed by atoms with van der Waals surface area (Å²) >= 11 is 13.0. The first kappa shape index (κ1) is 29.4. The number of amides is 1. The third kappa shape index (κ3) is 5.08. The number of halogens is 3. The van der Waals surface area contributed by atoms with Crippen molar-refractivity contribution in [2.75, 3.05) is 30.8 Å². The highest BCUT2D eigenvalue weighted by atomic mass is 35.5.